The minimum atomic E-state index is -0.310. The van der Waals surface area contributed by atoms with E-state index in [-0.39, 0.29) is 36.7 Å². The maximum Gasteiger partial charge on any atom is 0.315 e. The van der Waals surface area contributed by atoms with Gasteiger partial charge in [0.1, 0.15) is 0 Å². The normalized spacial score (nSPS) is 14.3. The maximum absolute atomic E-state index is 11.8. The number of hydrogen-bond donors (Lipinski definition) is 4. The molecule has 7 nitrogen and oxygen atoms in total. The highest BCUT2D eigenvalue weighted by atomic mass is 35.5. The average Bonchev–Trinajstić information content (AvgIpc) is 2.66. The fourth-order valence-electron chi connectivity index (χ4n) is 2.97. The third-order valence-corrected chi connectivity index (χ3v) is 4.68. The summed E-state index contributed by atoms with van der Waals surface area (Å²) < 4.78 is 0. The smallest absolute Gasteiger partial charge is 0.315 e. The Morgan fingerprint density at radius 2 is 1.63 bits per heavy atom. The van der Waals surface area contributed by atoms with Crippen LogP contribution in [0.4, 0.5) is 4.79 Å². The first-order valence-electron chi connectivity index (χ1n) is 9.39. The number of hydrogen-bond acceptors (Lipinski definition) is 3. The molecule has 1 aliphatic rings. The molecule has 0 aliphatic heterocycles. The van der Waals surface area contributed by atoms with Gasteiger partial charge >= 0.3 is 6.03 Å². The summed E-state index contributed by atoms with van der Waals surface area (Å²) in [6, 6.07) is 7.01. The zero-order valence-corrected chi connectivity index (χ0v) is 16.1. The molecule has 1 aromatic carbocycles. The van der Waals surface area contributed by atoms with E-state index in [4.69, 9.17) is 11.6 Å². The summed E-state index contributed by atoms with van der Waals surface area (Å²) in [5, 5.41) is 6.32. The quantitative estimate of drug-likeness (QED) is 0.422. The lowest BCUT2D eigenvalue weighted by Crippen LogP contribution is -2.44. The Morgan fingerprint density at radius 3 is 2.33 bits per heavy atom. The molecule has 0 aromatic heterocycles. The molecule has 1 aliphatic carbocycles. The van der Waals surface area contributed by atoms with E-state index < -0.39 is 0 Å². The molecule has 1 fully saturated rings. The number of hydrazine groups is 1. The van der Waals surface area contributed by atoms with E-state index >= 15 is 0 Å². The highest BCUT2D eigenvalue weighted by Gasteiger charge is 2.15. The Hall–Kier alpha value is -2.28. The fraction of sp³-hybridized carbons (Fsp3) is 0.526. The molecule has 0 radical (unpaired) electrons. The predicted octanol–water partition coefficient (Wildman–Crippen LogP) is 2.44. The van der Waals surface area contributed by atoms with Gasteiger partial charge in [0.05, 0.1) is 6.42 Å². The van der Waals surface area contributed by atoms with E-state index in [2.05, 4.69) is 21.5 Å². The summed E-state index contributed by atoms with van der Waals surface area (Å²) in [6.45, 7) is 0.407. The van der Waals surface area contributed by atoms with Crippen molar-refractivity contribution < 1.29 is 14.4 Å². The molecule has 4 N–H and O–H groups in total. The standard InChI is InChI=1S/C19H27ClN4O3/c20-15-10-8-14(9-11-15)13-18(26)24-23-17(25)7-4-12-21-19(27)22-16-5-2-1-3-6-16/h8-11,16H,1-7,12-13H2,(H,23,25)(H,24,26)(H2,21,22,27). The largest absolute Gasteiger partial charge is 0.338 e. The van der Waals surface area contributed by atoms with Crippen LogP contribution in [0.3, 0.4) is 0 Å². The second-order valence-electron chi connectivity index (χ2n) is 6.74. The summed E-state index contributed by atoms with van der Waals surface area (Å²) in [5.41, 5.74) is 5.56. The number of amides is 4. The van der Waals surface area contributed by atoms with Gasteiger partial charge in [-0.3, -0.25) is 20.4 Å². The minimum absolute atomic E-state index is 0.153. The van der Waals surface area contributed by atoms with Crippen LogP contribution in [-0.4, -0.2) is 30.4 Å². The van der Waals surface area contributed by atoms with Gasteiger partial charge in [0, 0.05) is 24.0 Å². The van der Waals surface area contributed by atoms with Crippen LogP contribution in [0, 0.1) is 0 Å². The van der Waals surface area contributed by atoms with Gasteiger partial charge in [-0.25, -0.2) is 4.79 Å². The Morgan fingerprint density at radius 1 is 0.963 bits per heavy atom. The van der Waals surface area contributed by atoms with Crippen LogP contribution in [0.5, 0.6) is 0 Å². The van der Waals surface area contributed by atoms with Gasteiger partial charge in [0.15, 0.2) is 0 Å². The molecule has 148 valence electrons. The number of halogens is 1. The maximum atomic E-state index is 11.8. The second-order valence-corrected chi connectivity index (χ2v) is 7.17. The highest BCUT2D eigenvalue weighted by molar-refractivity contribution is 6.30. The topological polar surface area (TPSA) is 99.3 Å². The van der Waals surface area contributed by atoms with Crippen LogP contribution in [-0.2, 0) is 16.0 Å². The summed E-state index contributed by atoms with van der Waals surface area (Å²) in [4.78, 5) is 35.3. The van der Waals surface area contributed by atoms with Crippen molar-refractivity contribution in [1.29, 1.82) is 0 Å². The molecular weight excluding hydrogens is 368 g/mol. The van der Waals surface area contributed by atoms with Crippen LogP contribution in [0.25, 0.3) is 0 Å². The van der Waals surface area contributed by atoms with Crippen LogP contribution in [0.1, 0.15) is 50.5 Å². The van der Waals surface area contributed by atoms with Gasteiger partial charge in [0.2, 0.25) is 11.8 Å². The fourth-order valence-corrected chi connectivity index (χ4v) is 3.09. The number of rotatable bonds is 7. The van der Waals surface area contributed by atoms with E-state index in [9.17, 15) is 14.4 Å². The van der Waals surface area contributed by atoms with E-state index in [0.29, 0.717) is 18.0 Å². The molecule has 0 unspecified atom stereocenters. The zero-order valence-electron chi connectivity index (χ0n) is 15.4. The van der Waals surface area contributed by atoms with Crippen LogP contribution in [0.2, 0.25) is 5.02 Å². The Balaban J connectivity index is 1.52. The van der Waals surface area contributed by atoms with Crippen molar-refractivity contribution in [2.24, 2.45) is 0 Å². The van der Waals surface area contributed by atoms with Gasteiger partial charge in [-0.1, -0.05) is 43.0 Å². The van der Waals surface area contributed by atoms with Crippen molar-refractivity contribution >= 4 is 29.4 Å². The van der Waals surface area contributed by atoms with E-state index in [1.165, 1.54) is 6.42 Å². The lowest BCUT2D eigenvalue weighted by Gasteiger charge is -2.22. The number of urea groups is 1. The average molecular weight is 395 g/mol. The van der Waals surface area contributed by atoms with Crippen molar-refractivity contribution in [2.45, 2.75) is 57.4 Å². The zero-order chi connectivity index (χ0) is 19.5. The van der Waals surface area contributed by atoms with Crippen molar-refractivity contribution in [3.05, 3.63) is 34.9 Å². The van der Waals surface area contributed by atoms with Crippen LogP contribution in [0.15, 0.2) is 24.3 Å². The Bertz CT molecular complexity index is 630. The van der Waals surface area contributed by atoms with E-state index in [0.717, 1.165) is 31.2 Å². The monoisotopic (exact) mass is 394 g/mol. The van der Waals surface area contributed by atoms with Gasteiger partial charge in [-0.05, 0) is 37.0 Å². The first kappa shape index (κ1) is 21.0. The molecule has 1 aromatic rings. The molecule has 0 heterocycles. The van der Waals surface area contributed by atoms with Gasteiger partial charge < -0.3 is 10.6 Å². The first-order chi connectivity index (χ1) is 13.0. The van der Waals surface area contributed by atoms with Crippen LogP contribution >= 0.6 is 11.6 Å². The lowest BCUT2D eigenvalue weighted by molar-refractivity contribution is -0.128. The molecule has 1 saturated carbocycles. The summed E-state index contributed by atoms with van der Waals surface area (Å²) in [6.07, 6.45) is 6.49. The number of benzene rings is 1. The molecule has 2 rings (SSSR count). The van der Waals surface area contributed by atoms with Gasteiger partial charge in [-0.15, -0.1) is 0 Å². The first-order valence-corrected chi connectivity index (χ1v) is 9.77. The van der Waals surface area contributed by atoms with E-state index in [1.54, 1.807) is 24.3 Å². The van der Waals surface area contributed by atoms with Gasteiger partial charge in [-0.2, -0.15) is 0 Å². The summed E-state index contributed by atoms with van der Waals surface area (Å²) in [5.74, 6) is -0.607. The Labute approximate surface area is 164 Å². The van der Waals surface area contributed by atoms with Gasteiger partial charge in [0.25, 0.3) is 0 Å². The number of carbonyl (C=O) groups is 3. The molecule has 0 atom stereocenters. The summed E-state index contributed by atoms with van der Waals surface area (Å²) >= 11 is 5.79. The Kier molecular flexibility index (Phi) is 8.91. The van der Waals surface area contributed by atoms with Crippen molar-refractivity contribution in [3.63, 3.8) is 0 Å². The second kappa shape index (κ2) is 11.4. The molecular formula is C19H27ClN4O3. The van der Waals surface area contributed by atoms with E-state index in [1.807, 2.05) is 0 Å². The third-order valence-electron chi connectivity index (χ3n) is 4.43. The lowest BCUT2D eigenvalue weighted by atomic mass is 9.96. The molecule has 4 amide bonds. The number of carbonyl (C=O) groups excluding carboxylic acids is 3. The van der Waals surface area contributed by atoms with Crippen LogP contribution < -0.4 is 21.5 Å². The predicted molar refractivity (Wildman–Crippen MR) is 104 cm³/mol. The number of nitrogens with one attached hydrogen (secondary N) is 4. The van der Waals surface area contributed by atoms with Crippen molar-refractivity contribution in [1.82, 2.24) is 21.5 Å². The van der Waals surface area contributed by atoms with Crippen molar-refractivity contribution in [3.8, 4) is 0 Å². The third kappa shape index (κ3) is 8.77. The summed E-state index contributed by atoms with van der Waals surface area (Å²) in [7, 11) is 0. The minimum Gasteiger partial charge on any atom is -0.338 e. The highest BCUT2D eigenvalue weighted by Crippen LogP contribution is 2.17. The molecule has 0 saturated heterocycles. The molecule has 0 bridgehead atoms. The van der Waals surface area contributed by atoms with Crippen molar-refractivity contribution in [2.75, 3.05) is 6.54 Å². The SMILES string of the molecule is O=C(CCCNC(=O)NC1CCCCC1)NNC(=O)Cc1ccc(Cl)cc1. The molecule has 0 spiro atoms. The molecule has 27 heavy (non-hydrogen) atoms. The molecule has 8 heteroatoms.